The minimum absolute atomic E-state index is 0.0926. The first-order valence-electron chi connectivity index (χ1n) is 11.4. The summed E-state index contributed by atoms with van der Waals surface area (Å²) in [6.07, 6.45) is 6.38. The smallest absolute Gasteiger partial charge is 0.256 e. The van der Waals surface area contributed by atoms with Gasteiger partial charge in [-0.25, -0.2) is 4.98 Å². The van der Waals surface area contributed by atoms with Gasteiger partial charge >= 0.3 is 0 Å². The van der Waals surface area contributed by atoms with Crippen LogP contribution in [0.3, 0.4) is 0 Å². The van der Waals surface area contributed by atoms with Crippen molar-refractivity contribution >= 4 is 34.7 Å². The summed E-state index contributed by atoms with van der Waals surface area (Å²) in [4.78, 5) is 26.4. The van der Waals surface area contributed by atoms with Crippen LogP contribution < -0.4 is 21.3 Å². The van der Waals surface area contributed by atoms with E-state index in [2.05, 4.69) is 69.1 Å². The van der Waals surface area contributed by atoms with Gasteiger partial charge in [-0.15, -0.1) is 0 Å². The molecule has 8 heteroatoms. The molecular formula is C25H29N7O. The van der Waals surface area contributed by atoms with Crippen LogP contribution >= 0.6 is 0 Å². The second-order valence-electron chi connectivity index (χ2n) is 9.68. The molecule has 0 atom stereocenters. The van der Waals surface area contributed by atoms with Crippen molar-refractivity contribution in [2.24, 2.45) is 0 Å². The molecule has 5 rings (SSSR count). The van der Waals surface area contributed by atoms with E-state index in [4.69, 9.17) is 0 Å². The highest BCUT2D eigenvalue weighted by atomic mass is 16.1. The number of carbonyl (C=O) groups excluding carboxylic acids is 1. The minimum Gasteiger partial charge on any atom is -0.384 e. The van der Waals surface area contributed by atoms with Gasteiger partial charge in [-0.1, -0.05) is 20.8 Å². The molecule has 0 saturated heterocycles. The number of carbonyl (C=O) groups is 1. The van der Waals surface area contributed by atoms with E-state index in [1.807, 2.05) is 18.2 Å². The Bertz CT molecular complexity index is 1200. The molecule has 1 amide bonds. The highest BCUT2D eigenvalue weighted by molar-refractivity contribution is 5.99. The number of fused-ring (bicyclic) bond motifs is 1. The van der Waals surface area contributed by atoms with Gasteiger partial charge in [0.2, 0.25) is 5.95 Å². The van der Waals surface area contributed by atoms with Crippen LogP contribution in [-0.4, -0.2) is 33.4 Å². The Morgan fingerprint density at radius 2 is 1.88 bits per heavy atom. The number of benzene rings is 1. The number of rotatable bonds is 6. The van der Waals surface area contributed by atoms with Gasteiger partial charge in [-0.05, 0) is 55.2 Å². The van der Waals surface area contributed by atoms with Gasteiger partial charge in [0, 0.05) is 53.2 Å². The van der Waals surface area contributed by atoms with Crippen molar-refractivity contribution in [1.29, 1.82) is 0 Å². The molecule has 170 valence electrons. The Kier molecular flexibility index (Phi) is 5.36. The molecule has 0 bridgehead atoms. The van der Waals surface area contributed by atoms with Crippen molar-refractivity contribution in [3.8, 4) is 0 Å². The molecule has 0 unspecified atom stereocenters. The fourth-order valence-electron chi connectivity index (χ4n) is 3.76. The summed E-state index contributed by atoms with van der Waals surface area (Å²) >= 11 is 0. The van der Waals surface area contributed by atoms with Gasteiger partial charge in [0.25, 0.3) is 5.91 Å². The van der Waals surface area contributed by atoms with E-state index in [9.17, 15) is 4.79 Å². The van der Waals surface area contributed by atoms with E-state index < -0.39 is 0 Å². The zero-order valence-corrected chi connectivity index (χ0v) is 19.2. The lowest BCUT2D eigenvalue weighted by atomic mass is 9.91. The summed E-state index contributed by atoms with van der Waals surface area (Å²) in [5.74, 6) is 0.719. The number of pyridine rings is 1. The number of amides is 1. The van der Waals surface area contributed by atoms with Crippen molar-refractivity contribution in [2.75, 3.05) is 22.5 Å². The standard InChI is InChI=1S/C25H29N7O/c1-25(2,3)21-13-18(9-11-27-21)29-22-19(23(33)30-16-4-5-16)14-28-24(32-22)31-17-6-7-20-15(12-17)8-10-26-20/h6-7,9,11-14,16,26H,4-5,8,10H2,1-3H3,(H,30,33)(H2,27,28,29,31,32). The monoisotopic (exact) mass is 443 g/mol. The Balaban J connectivity index is 1.44. The average molecular weight is 444 g/mol. The molecule has 33 heavy (non-hydrogen) atoms. The van der Waals surface area contributed by atoms with Crippen LogP contribution in [-0.2, 0) is 11.8 Å². The number of nitrogens with zero attached hydrogens (tertiary/aromatic N) is 3. The van der Waals surface area contributed by atoms with Crippen molar-refractivity contribution < 1.29 is 4.79 Å². The third-order valence-corrected chi connectivity index (χ3v) is 5.81. The second-order valence-corrected chi connectivity index (χ2v) is 9.68. The lowest BCUT2D eigenvalue weighted by Gasteiger charge is -2.19. The summed E-state index contributed by atoms with van der Waals surface area (Å²) in [7, 11) is 0. The Labute approximate surface area is 193 Å². The van der Waals surface area contributed by atoms with Crippen LogP contribution in [0, 0.1) is 0 Å². The van der Waals surface area contributed by atoms with E-state index in [-0.39, 0.29) is 17.4 Å². The molecule has 0 spiro atoms. The summed E-state index contributed by atoms with van der Waals surface area (Å²) in [6.45, 7) is 7.31. The summed E-state index contributed by atoms with van der Waals surface area (Å²) in [5, 5.41) is 13.0. The van der Waals surface area contributed by atoms with Crippen LogP contribution in [0.2, 0.25) is 0 Å². The molecule has 1 aliphatic carbocycles. The highest BCUT2D eigenvalue weighted by Crippen LogP contribution is 2.29. The van der Waals surface area contributed by atoms with E-state index in [1.165, 1.54) is 11.3 Å². The van der Waals surface area contributed by atoms with Crippen LogP contribution in [0.25, 0.3) is 0 Å². The van der Waals surface area contributed by atoms with Crippen molar-refractivity contribution in [1.82, 2.24) is 20.3 Å². The van der Waals surface area contributed by atoms with Crippen molar-refractivity contribution in [3.63, 3.8) is 0 Å². The van der Waals surface area contributed by atoms with Crippen molar-refractivity contribution in [2.45, 2.75) is 51.5 Å². The number of nitrogens with one attached hydrogen (secondary N) is 4. The number of anilines is 5. The van der Waals surface area contributed by atoms with Crippen LogP contribution in [0.5, 0.6) is 0 Å². The number of hydrogen-bond acceptors (Lipinski definition) is 7. The normalized spacial score (nSPS) is 14.9. The van der Waals surface area contributed by atoms with E-state index in [0.29, 0.717) is 17.3 Å². The maximum atomic E-state index is 12.9. The minimum atomic E-state index is -0.166. The molecular weight excluding hydrogens is 414 g/mol. The van der Waals surface area contributed by atoms with E-state index in [0.717, 1.165) is 42.9 Å². The first kappa shape index (κ1) is 21.2. The molecule has 3 heterocycles. The maximum Gasteiger partial charge on any atom is 0.256 e. The molecule has 1 aromatic carbocycles. The Morgan fingerprint density at radius 3 is 2.67 bits per heavy atom. The van der Waals surface area contributed by atoms with Crippen molar-refractivity contribution in [3.05, 3.63) is 59.5 Å². The lowest BCUT2D eigenvalue weighted by molar-refractivity contribution is 0.0951. The summed E-state index contributed by atoms with van der Waals surface area (Å²) < 4.78 is 0. The Hall–Kier alpha value is -3.68. The summed E-state index contributed by atoms with van der Waals surface area (Å²) in [5.41, 5.74) is 5.45. The molecule has 4 N–H and O–H groups in total. The maximum absolute atomic E-state index is 12.9. The van der Waals surface area contributed by atoms with Gasteiger partial charge in [-0.2, -0.15) is 4.98 Å². The van der Waals surface area contributed by atoms with Gasteiger partial charge in [0.1, 0.15) is 11.4 Å². The molecule has 1 fully saturated rings. The zero-order chi connectivity index (χ0) is 23.0. The van der Waals surface area contributed by atoms with Gasteiger partial charge in [-0.3, -0.25) is 9.78 Å². The molecule has 3 aromatic rings. The first-order valence-corrected chi connectivity index (χ1v) is 11.4. The topological polar surface area (TPSA) is 104 Å². The van der Waals surface area contributed by atoms with Gasteiger partial charge < -0.3 is 21.3 Å². The van der Waals surface area contributed by atoms with Gasteiger partial charge in [0.05, 0.1) is 0 Å². The molecule has 2 aliphatic rings. The quantitative estimate of drug-likeness (QED) is 0.444. The van der Waals surface area contributed by atoms with E-state index in [1.54, 1.807) is 12.4 Å². The predicted molar refractivity (Wildman–Crippen MR) is 131 cm³/mol. The SMILES string of the molecule is CC(C)(C)c1cc(Nc2nc(Nc3ccc4c(c3)CCN4)ncc2C(=O)NC2CC2)ccn1. The fourth-order valence-corrected chi connectivity index (χ4v) is 3.76. The lowest BCUT2D eigenvalue weighted by Crippen LogP contribution is -2.26. The van der Waals surface area contributed by atoms with Crippen LogP contribution in [0.15, 0.2) is 42.7 Å². The van der Waals surface area contributed by atoms with Gasteiger partial charge in [0.15, 0.2) is 0 Å². The van der Waals surface area contributed by atoms with E-state index >= 15 is 0 Å². The molecule has 1 aliphatic heterocycles. The number of aromatic nitrogens is 3. The molecule has 2 aromatic heterocycles. The average Bonchev–Trinajstić information content (AvgIpc) is 3.46. The zero-order valence-electron chi connectivity index (χ0n) is 19.2. The van der Waals surface area contributed by atoms with Crippen LogP contribution in [0.1, 0.15) is 55.2 Å². The van der Waals surface area contributed by atoms with Crippen LogP contribution in [0.4, 0.5) is 28.8 Å². The molecule has 0 radical (unpaired) electrons. The third kappa shape index (κ3) is 4.89. The molecule has 1 saturated carbocycles. The molecule has 8 nitrogen and oxygen atoms in total. The number of hydrogen-bond donors (Lipinski definition) is 4. The first-order chi connectivity index (χ1) is 15.8. The Morgan fingerprint density at radius 1 is 1.06 bits per heavy atom. The second kappa shape index (κ2) is 8.35. The third-order valence-electron chi connectivity index (χ3n) is 5.81. The fraction of sp³-hybridized carbons (Fsp3) is 0.360. The predicted octanol–water partition coefficient (Wildman–Crippen LogP) is 4.52. The largest absolute Gasteiger partial charge is 0.384 e. The highest BCUT2D eigenvalue weighted by Gasteiger charge is 2.26. The summed E-state index contributed by atoms with van der Waals surface area (Å²) in [6, 6.07) is 10.3.